The Labute approximate surface area is 169 Å². The van der Waals surface area contributed by atoms with Crippen molar-refractivity contribution in [1.29, 1.82) is 0 Å². The van der Waals surface area contributed by atoms with E-state index in [1.165, 1.54) is 0 Å². The molecule has 0 saturated carbocycles. The van der Waals surface area contributed by atoms with Gasteiger partial charge in [-0.05, 0) is 59.6 Å². The summed E-state index contributed by atoms with van der Waals surface area (Å²) in [6.45, 7) is 3.76. The molecule has 2 aromatic rings. The largest absolute Gasteiger partial charge is 0.483 e. The molecule has 0 heterocycles. The van der Waals surface area contributed by atoms with Gasteiger partial charge in [-0.25, -0.2) is 0 Å². The molecule has 0 aliphatic carbocycles. The quantitative estimate of drug-likeness (QED) is 0.596. The normalized spacial score (nSPS) is 11.5. The Morgan fingerprint density at radius 1 is 1.15 bits per heavy atom. The van der Waals surface area contributed by atoms with E-state index in [2.05, 4.69) is 42.5 Å². The molecule has 2 rings (SSSR count). The molecule has 2 N–H and O–H groups in total. The third-order valence-electron chi connectivity index (χ3n) is 3.69. The summed E-state index contributed by atoms with van der Waals surface area (Å²) in [6.07, 6.45) is 0.830. The van der Waals surface area contributed by atoms with Crippen LogP contribution in [0.2, 0.25) is 0 Å². The van der Waals surface area contributed by atoms with Gasteiger partial charge < -0.3 is 15.4 Å². The molecule has 26 heavy (non-hydrogen) atoms. The molecule has 7 heteroatoms. The van der Waals surface area contributed by atoms with E-state index in [0.29, 0.717) is 17.0 Å². The Hall–Kier alpha value is -1.86. The Morgan fingerprint density at radius 2 is 1.88 bits per heavy atom. The van der Waals surface area contributed by atoms with Crippen molar-refractivity contribution >= 4 is 49.4 Å². The van der Waals surface area contributed by atoms with E-state index in [0.717, 1.165) is 15.4 Å². The van der Waals surface area contributed by atoms with Crippen LogP contribution in [0, 0.1) is 0 Å². The minimum absolute atomic E-state index is 0.0596. The predicted molar refractivity (Wildman–Crippen MR) is 110 cm³/mol. The molecule has 1 atom stereocenters. The summed E-state index contributed by atoms with van der Waals surface area (Å²) in [6, 6.07) is 12.4. The second-order valence-corrected chi connectivity index (χ2v) is 7.51. The monoisotopic (exact) mass is 482 g/mol. The topological polar surface area (TPSA) is 67.4 Å². The number of hydrogen-bond donors (Lipinski definition) is 2. The molecule has 138 valence electrons. The maximum absolute atomic E-state index is 12.4. The fourth-order valence-corrected chi connectivity index (χ4v) is 3.28. The third-order valence-corrected chi connectivity index (χ3v) is 4.80. The van der Waals surface area contributed by atoms with Crippen molar-refractivity contribution in [1.82, 2.24) is 5.32 Å². The fraction of sp³-hybridized carbons (Fsp3) is 0.263. The summed E-state index contributed by atoms with van der Waals surface area (Å²) < 4.78 is 7.18. The molecular weight excluding hydrogens is 464 g/mol. The summed E-state index contributed by atoms with van der Waals surface area (Å²) in [7, 11) is 0. The van der Waals surface area contributed by atoms with Crippen LogP contribution in [0.15, 0.2) is 51.4 Å². The number of benzene rings is 2. The molecule has 0 bridgehead atoms. The van der Waals surface area contributed by atoms with Gasteiger partial charge in [-0.3, -0.25) is 9.59 Å². The Kier molecular flexibility index (Phi) is 7.66. The van der Waals surface area contributed by atoms with E-state index in [1.807, 2.05) is 26.0 Å². The number of anilines is 1. The predicted octanol–water partition coefficient (Wildman–Crippen LogP) is 4.76. The first-order chi connectivity index (χ1) is 12.4. The standard InChI is InChI=1S/C19H20Br2N2O3/c1-3-12(2)22-19(25)14-6-4-5-7-16(14)23-18(24)11-26-17-9-8-13(20)10-15(17)21/h4-10,12H,3,11H2,1-2H3,(H,22,25)(H,23,24). The van der Waals surface area contributed by atoms with Crippen LogP contribution in [0.5, 0.6) is 5.75 Å². The second-order valence-electron chi connectivity index (χ2n) is 5.74. The molecule has 1 unspecified atom stereocenters. The van der Waals surface area contributed by atoms with Crippen molar-refractivity contribution in [3.63, 3.8) is 0 Å². The zero-order valence-corrected chi connectivity index (χ0v) is 17.7. The first-order valence-corrected chi connectivity index (χ1v) is 9.77. The van der Waals surface area contributed by atoms with E-state index < -0.39 is 0 Å². The highest BCUT2D eigenvalue weighted by Gasteiger charge is 2.15. The van der Waals surface area contributed by atoms with Crippen molar-refractivity contribution < 1.29 is 14.3 Å². The van der Waals surface area contributed by atoms with Crippen LogP contribution in [0.25, 0.3) is 0 Å². The van der Waals surface area contributed by atoms with Gasteiger partial charge in [0.15, 0.2) is 6.61 Å². The van der Waals surface area contributed by atoms with Crippen LogP contribution in [0.1, 0.15) is 30.6 Å². The highest BCUT2D eigenvalue weighted by atomic mass is 79.9. The second kappa shape index (κ2) is 9.73. The van der Waals surface area contributed by atoms with Gasteiger partial charge in [0, 0.05) is 10.5 Å². The molecule has 0 fully saturated rings. The summed E-state index contributed by atoms with van der Waals surface area (Å²) in [5.41, 5.74) is 0.878. The summed E-state index contributed by atoms with van der Waals surface area (Å²) in [4.78, 5) is 24.6. The van der Waals surface area contributed by atoms with E-state index in [9.17, 15) is 9.59 Å². The minimum atomic E-state index is -0.344. The first kappa shape index (κ1) is 20.5. The average Bonchev–Trinajstić information content (AvgIpc) is 2.61. The lowest BCUT2D eigenvalue weighted by Crippen LogP contribution is -2.33. The molecule has 0 saturated heterocycles. The number of carbonyl (C=O) groups excluding carboxylic acids is 2. The third kappa shape index (κ3) is 5.85. The van der Waals surface area contributed by atoms with Crippen LogP contribution >= 0.6 is 31.9 Å². The number of hydrogen-bond acceptors (Lipinski definition) is 3. The van der Waals surface area contributed by atoms with Crippen LogP contribution in [0.3, 0.4) is 0 Å². The number of amides is 2. The Morgan fingerprint density at radius 3 is 2.58 bits per heavy atom. The maximum Gasteiger partial charge on any atom is 0.262 e. The zero-order valence-electron chi connectivity index (χ0n) is 14.5. The molecule has 2 amide bonds. The van der Waals surface area contributed by atoms with Gasteiger partial charge >= 0.3 is 0 Å². The van der Waals surface area contributed by atoms with Crippen molar-refractivity contribution in [2.75, 3.05) is 11.9 Å². The van der Waals surface area contributed by atoms with Gasteiger partial charge in [0.2, 0.25) is 0 Å². The maximum atomic E-state index is 12.4. The van der Waals surface area contributed by atoms with Crippen molar-refractivity contribution in [2.24, 2.45) is 0 Å². The highest BCUT2D eigenvalue weighted by molar-refractivity contribution is 9.11. The van der Waals surface area contributed by atoms with Crippen LogP contribution in [-0.4, -0.2) is 24.5 Å². The fourth-order valence-electron chi connectivity index (χ4n) is 2.12. The van der Waals surface area contributed by atoms with Gasteiger partial charge in [-0.15, -0.1) is 0 Å². The number of para-hydroxylation sites is 1. The first-order valence-electron chi connectivity index (χ1n) is 8.18. The summed E-state index contributed by atoms with van der Waals surface area (Å²) in [5.74, 6) is 0.00146. The Balaban J connectivity index is 2.01. The minimum Gasteiger partial charge on any atom is -0.483 e. The number of rotatable bonds is 7. The van der Waals surface area contributed by atoms with Gasteiger partial charge in [-0.2, -0.15) is 0 Å². The molecule has 0 aromatic heterocycles. The van der Waals surface area contributed by atoms with E-state index >= 15 is 0 Å². The van der Waals surface area contributed by atoms with Crippen LogP contribution < -0.4 is 15.4 Å². The summed E-state index contributed by atoms with van der Waals surface area (Å²) in [5, 5.41) is 5.63. The van der Waals surface area contributed by atoms with E-state index in [4.69, 9.17) is 4.74 Å². The lowest BCUT2D eigenvalue weighted by atomic mass is 10.1. The number of ether oxygens (including phenoxy) is 1. The van der Waals surface area contributed by atoms with Crippen molar-refractivity contribution in [3.05, 3.63) is 57.0 Å². The number of nitrogens with one attached hydrogen (secondary N) is 2. The van der Waals surface area contributed by atoms with E-state index in [-0.39, 0.29) is 24.5 Å². The van der Waals surface area contributed by atoms with Crippen molar-refractivity contribution in [3.8, 4) is 5.75 Å². The Bertz CT molecular complexity index is 796. The van der Waals surface area contributed by atoms with Gasteiger partial charge in [0.05, 0.1) is 15.7 Å². The molecule has 0 spiro atoms. The average molecular weight is 484 g/mol. The van der Waals surface area contributed by atoms with Crippen molar-refractivity contribution in [2.45, 2.75) is 26.3 Å². The van der Waals surface area contributed by atoms with Gasteiger partial charge in [0.25, 0.3) is 11.8 Å². The van der Waals surface area contributed by atoms with Crippen LogP contribution in [0.4, 0.5) is 5.69 Å². The van der Waals surface area contributed by atoms with Gasteiger partial charge in [0.1, 0.15) is 5.75 Å². The van der Waals surface area contributed by atoms with E-state index in [1.54, 1.807) is 30.3 Å². The lowest BCUT2D eigenvalue weighted by Gasteiger charge is -2.15. The number of halogens is 2. The molecule has 2 aromatic carbocycles. The smallest absolute Gasteiger partial charge is 0.262 e. The molecule has 0 radical (unpaired) electrons. The molecular formula is C19H20Br2N2O3. The summed E-state index contributed by atoms with van der Waals surface area (Å²) >= 11 is 6.75. The SMILES string of the molecule is CCC(C)NC(=O)c1ccccc1NC(=O)COc1ccc(Br)cc1Br. The number of carbonyl (C=O) groups is 2. The lowest BCUT2D eigenvalue weighted by molar-refractivity contribution is -0.118. The van der Waals surface area contributed by atoms with Crippen LogP contribution in [-0.2, 0) is 4.79 Å². The zero-order chi connectivity index (χ0) is 19.1. The highest BCUT2D eigenvalue weighted by Crippen LogP contribution is 2.28. The molecule has 0 aliphatic heterocycles. The molecule has 5 nitrogen and oxygen atoms in total. The molecule has 0 aliphatic rings. The van der Waals surface area contributed by atoms with Gasteiger partial charge in [-0.1, -0.05) is 35.0 Å².